The Bertz CT molecular complexity index is 1020. The van der Waals surface area contributed by atoms with Gasteiger partial charge in [0, 0.05) is 30.7 Å². The number of hydrogen-bond donors (Lipinski definition) is 2. The van der Waals surface area contributed by atoms with Crippen molar-refractivity contribution >= 4 is 24.2 Å². The third-order valence-electron chi connectivity index (χ3n) is 6.86. The van der Waals surface area contributed by atoms with Gasteiger partial charge < -0.3 is 15.5 Å². The van der Waals surface area contributed by atoms with Crippen molar-refractivity contribution in [3.63, 3.8) is 0 Å². The summed E-state index contributed by atoms with van der Waals surface area (Å²) in [5.41, 5.74) is 4.48. The predicted octanol–water partition coefficient (Wildman–Crippen LogP) is 4.07. The number of piperidine rings is 1. The maximum absolute atomic E-state index is 13.7. The minimum atomic E-state index is -0.331. The lowest BCUT2D eigenvalue weighted by Crippen LogP contribution is -2.55. The van der Waals surface area contributed by atoms with Crippen molar-refractivity contribution in [1.82, 2.24) is 15.5 Å². The number of amides is 2. The molecule has 0 radical (unpaired) electrons. The third-order valence-corrected chi connectivity index (χ3v) is 6.86. The average Bonchev–Trinajstić information content (AvgIpc) is 3.62. The number of rotatable bonds is 6. The molecule has 33 heavy (non-hydrogen) atoms. The molecule has 2 aromatic carbocycles. The van der Waals surface area contributed by atoms with Crippen molar-refractivity contribution in [3.8, 4) is 0 Å². The van der Waals surface area contributed by atoms with Gasteiger partial charge in [0.1, 0.15) is 5.82 Å². The van der Waals surface area contributed by atoms with Crippen molar-refractivity contribution < 1.29 is 14.0 Å². The molecule has 0 aromatic heterocycles. The first-order chi connectivity index (χ1) is 15.3. The van der Waals surface area contributed by atoms with E-state index < -0.39 is 0 Å². The highest BCUT2D eigenvalue weighted by molar-refractivity contribution is 5.95. The maximum atomic E-state index is 13.7. The Labute approximate surface area is 201 Å². The summed E-state index contributed by atoms with van der Waals surface area (Å²) in [6.45, 7) is 7.74. The fraction of sp³-hybridized carbons (Fsp3) is 0.462. The Balaban J connectivity index is 0.00000306. The van der Waals surface area contributed by atoms with Gasteiger partial charge in [-0.1, -0.05) is 18.2 Å². The minimum Gasteiger partial charge on any atom is -0.348 e. The minimum absolute atomic E-state index is 0. The Hall–Kier alpha value is -2.44. The fourth-order valence-electron chi connectivity index (χ4n) is 4.48. The molecule has 0 spiro atoms. The number of benzene rings is 2. The first-order valence-corrected chi connectivity index (χ1v) is 11.5. The van der Waals surface area contributed by atoms with E-state index in [-0.39, 0.29) is 48.0 Å². The lowest BCUT2D eigenvalue weighted by Gasteiger charge is -2.36. The van der Waals surface area contributed by atoms with E-state index in [1.54, 1.807) is 13.0 Å². The van der Waals surface area contributed by atoms with Gasteiger partial charge in [0.05, 0.1) is 5.92 Å². The Morgan fingerprint density at radius 3 is 2.55 bits per heavy atom. The van der Waals surface area contributed by atoms with Gasteiger partial charge in [0.25, 0.3) is 5.91 Å². The first-order valence-electron chi connectivity index (χ1n) is 11.5. The van der Waals surface area contributed by atoms with Crippen LogP contribution in [0.25, 0.3) is 0 Å². The van der Waals surface area contributed by atoms with Crippen LogP contribution in [0.3, 0.4) is 0 Å². The molecule has 2 unspecified atom stereocenters. The number of aryl methyl sites for hydroxylation is 2. The van der Waals surface area contributed by atoms with Crippen LogP contribution in [0, 0.1) is 32.5 Å². The Morgan fingerprint density at radius 2 is 1.85 bits per heavy atom. The first kappa shape index (κ1) is 25.2. The molecule has 1 aliphatic heterocycles. The highest BCUT2D eigenvalue weighted by Crippen LogP contribution is 2.32. The molecule has 7 heteroatoms. The summed E-state index contributed by atoms with van der Waals surface area (Å²) in [5, 5.41) is 6.39. The topological polar surface area (TPSA) is 61.4 Å². The molecule has 2 fully saturated rings. The second kappa shape index (κ2) is 10.7. The normalized spacial score (nSPS) is 20.0. The molecule has 1 aliphatic carbocycles. The van der Waals surface area contributed by atoms with Crippen molar-refractivity contribution in [1.29, 1.82) is 0 Å². The van der Waals surface area contributed by atoms with Crippen LogP contribution in [0.4, 0.5) is 4.39 Å². The molecule has 1 saturated carbocycles. The zero-order valence-corrected chi connectivity index (χ0v) is 20.3. The number of nitrogens with one attached hydrogen (secondary N) is 2. The quantitative estimate of drug-likeness (QED) is 0.664. The summed E-state index contributed by atoms with van der Waals surface area (Å²) < 4.78 is 13.6. The van der Waals surface area contributed by atoms with Gasteiger partial charge in [-0.15, -0.1) is 12.4 Å². The molecule has 1 saturated heterocycles. The van der Waals surface area contributed by atoms with Crippen molar-refractivity contribution in [2.75, 3.05) is 13.1 Å². The number of hydrogen-bond acceptors (Lipinski definition) is 3. The van der Waals surface area contributed by atoms with Crippen molar-refractivity contribution in [2.24, 2.45) is 5.92 Å². The molecular formula is C26H33ClFN3O2. The second-order valence-corrected chi connectivity index (χ2v) is 9.20. The molecule has 5 nitrogen and oxygen atoms in total. The summed E-state index contributed by atoms with van der Waals surface area (Å²) >= 11 is 0. The highest BCUT2D eigenvalue weighted by Gasteiger charge is 2.40. The van der Waals surface area contributed by atoms with Crippen molar-refractivity contribution in [3.05, 3.63) is 70.0 Å². The third kappa shape index (κ3) is 5.74. The van der Waals surface area contributed by atoms with Gasteiger partial charge in [0.2, 0.25) is 5.91 Å². The number of carbonyl (C=O) groups excluding carboxylic acids is 2. The molecule has 178 valence electrons. The molecule has 2 atom stereocenters. The molecule has 2 aliphatic rings. The molecule has 2 aromatic rings. The van der Waals surface area contributed by atoms with Crippen LogP contribution in [0.1, 0.15) is 51.9 Å². The van der Waals surface area contributed by atoms with Crippen LogP contribution >= 0.6 is 12.4 Å². The smallest absolute Gasteiger partial charge is 0.251 e. The largest absolute Gasteiger partial charge is 0.348 e. The molecular weight excluding hydrogens is 441 g/mol. The number of halogens is 2. The Morgan fingerprint density at radius 1 is 1.09 bits per heavy atom. The van der Waals surface area contributed by atoms with E-state index in [9.17, 15) is 14.0 Å². The average molecular weight is 474 g/mol. The van der Waals surface area contributed by atoms with Gasteiger partial charge in [-0.25, -0.2) is 4.39 Å². The van der Waals surface area contributed by atoms with Crippen LogP contribution in [0.2, 0.25) is 0 Å². The SMILES string of the molecule is Cc1cc(C(=O)NC2CCNCC2C(=O)N(Cc2cccc(C)c2C)C2CC2)ccc1F.Cl. The highest BCUT2D eigenvalue weighted by atomic mass is 35.5. The molecule has 2 amide bonds. The van der Waals surface area contributed by atoms with Crippen LogP contribution in [-0.2, 0) is 11.3 Å². The van der Waals surface area contributed by atoms with Crippen LogP contribution in [0.5, 0.6) is 0 Å². The molecule has 4 rings (SSSR count). The van der Waals surface area contributed by atoms with Crippen LogP contribution in [-0.4, -0.2) is 41.9 Å². The van der Waals surface area contributed by atoms with E-state index in [1.807, 2.05) is 11.0 Å². The zero-order valence-electron chi connectivity index (χ0n) is 19.5. The summed E-state index contributed by atoms with van der Waals surface area (Å²) in [5.74, 6) is -0.811. The summed E-state index contributed by atoms with van der Waals surface area (Å²) in [4.78, 5) is 28.6. The molecule has 2 N–H and O–H groups in total. The van der Waals surface area contributed by atoms with Gasteiger partial charge in [-0.2, -0.15) is 0 Å². The van der Waals surface area contributed by atoms with E-state index in [4.69, 9.17) is 0 Å². The molecule has 0 bridgehead atoms. The van der Waals surface area contributed by atoms with E-state index >= 15 is 0 Å². The van der Waals surface area contributed by atoms with Crippen molar-refractivity contribution in [2.45, 2.75) is 58.7 Å². The van der Waals surface area contributed by atoms with E-state index in [0.717, 1.165) is 19.4 Å². The fourth-order valence-corrected chi connectivity index (χ4v) is 4.48. The summed E-state index contributed by atoms with van der Waals surface area (Å²) in [6, 6.07) is 10.6. The monoisotopic (exact) mass is 473 g/mol. The van der Waals surface area contributed by atoms with Crippen LogP contribution < -0.4 is 10.6 Å². The van der Waals surface area contributed by atoms with E-state index in [1.165, 1.54) is 28.8 Å². The van der Waals surface area contributed by atoms with Gasteiger partial charge >= 0.3 is 0 Å². The van der Waals surface area contributed by atoms with E-state index in [0.29, 0.717) is 30.6 Å². The second-order valence-electron chi connectivity index (χ2n) is 9.20. The van der Waals surface area contributed by atoms with Crippen LogP contribution in [0.15, 0.2) is 36.4 Å². The molecule has 1 heterocycles. The standard InChI is InChI=1S/C26H32FN3O2.ClH/c1-16-5-4-6-20(18(16)3)15-30(21-8-9-21)26(32)22-14-28-12-11-24(22)29-25(31)19-7-10-23(27)17(2)13-19;/h4-7,10,13,21-22,24,28H,8-9,11-12,14-15H2,1-3H3,(H,29,31);1H. The van der Waals surface area contributed by atoms with Gasteiger partial charge in [-0.3, -0.25) is 9.59 Å². The van der Waals surface area contributed by atoms with Gasteiger partial charge in [0.15, 0.2) is 0 Å². The lowest BCUT2D eigenvalue weighted by atomic mass is 9.91. The summed E-state index contributed by atoms with van der Waals surface area (Å²) in [6.07, 6.45) is 2.75. The number of nitrogens with zero attached hydrogens (tertiary/aromatic N) is 1. The van der Waals surface area contributed by atoms with Gasteiger partial charge in [-0.05, 0) is 87.0 Å². The maximum Gasteiger partial charge on any atom is 0.251 e. The van der Waals surface area contributed by atoms with E-state index in [2.05, 4.69) is 36.6 Å². The predicted molar refractivity (Wildman–Crippen MR) is 130 cm³/mol. The lowest BCUT2D eigenvalue weighted by molar-refractivity contribution is -0.138. The number of carbonyl (C=O) groups is 2. The summed E-state index contributed by atoms with van der Waals surface area (Å²) in [7, 11) is 0. The zero-order chi connectivity index (χ0) is 22.8. The Kier molecular flexibility index (Phi) is 8.14.